The highest BCUT2D eigenvalue weighted by atomic mass is 16.5. The van der Waals surface area contributed by atoms with Crippen LogP contribution in [0.5, 0.6) is 0 Å². The smallest absolute Gasteiger partial charge is 0.318 e. The molecule has 0 unspecified atom stereocenters. The summed E-state index contributed by atoms with van der Waals surface area (Å²) in [5, 5.41) is 0. The molecule has 1 aliphatic rings. The first-order valence-corrected chi connectivity index (χ1v) is 4.61. The first-order chi connectivity index (χ1) is 6.29. The lowest BCUT2D eigenvalue weighted by Crippen LogP contribution is -2.23. The van der Waals surface area contributed by atoms with Crippen LogP contribution in [-0.4, -0.2) is 17.6 Å². The number of H-pyrrole nitrogens is 1. The van der Waals surface area contributed by atoms with Crippen LogP contribution in [0.2, 0.25) is 0 Å². The number of carbonyl (C=O) groups is 1. The molecule has 0 atom stereocenters. The van der Waals surface area contributed by atoms with Gasteiger partial charge in [0.15, 0.2) is 0 Å². The van der Waals surface area contributed by atoms with Crippen molar-refractivity contribution in [1.29, 1.82) is 0 Å². The minimum atomic E-state index is -0.334. The van der Waals surface area contributed by atoms with Crippen LogP contribution >= 0.6 is 0 Å². The van der Waals surface area contributed by atoms with E-state index in [0.29, 0.717) is 6.61 Å². The number of carbonyl (C=O) groups excluding carboxylic acids is 1. The molecule has 1 N–H and O–H groups in total. The lowest BCUT2D eigenvalue weighted by Gasteiger charge is -2.11. The van der Waals surface area contributed by atoms with Crippen molar-refractivity contribution in [3.05, 3.63) is 24.0 Å². The molecule has 0 saturated heterocycles. The SMILES string of the molecule is CCOC(=O)C1(c2ccc[nH]2)CC1. The maximum absolute atomic E-state index is 11.6. The Morgan fingerprint density at radius 2 is 2.46 bits per heavy atom. The van der Waals surface area contributed by atoms with Crippen molar-refractivity contribution >= 4 is 5.97 Å². The van der Waals surface area contributed by atoms with E-state index in [1.54, 1.807) is 0 Å². The van der Waals surface area contributed by atoms with Crippen molar-refractivity contribution in [1.82, 2.24) is 4.98 Å². The average Bonchev–Trinajstić information content (AvgIpc) is 2.76. The van der Waals surface area contributed by atoms with E-state index in [0.717, 1.165) is 18.5 Å². The number of rotatable bonds is 3. The first-order valence-electron chi connectivity index (χ1n) is 4.61. The monoisotopic (exact) mass is 179 g/mol. The van der Waals surface area contributed by atoms with E-state index in [1.807, 2.05) is 25.3 Å². The minimum absolute atomic E-state index is 0.0857. The summed E-state index contributed by atoms with van der Waals surface area (Å²) >= 11 is 0. The van der Waals surface area contributed by atoms with Gasteiger partial charge in [0.2, 0.25) is 0 Å². The molecule has 3 nitrogen and oxygen atoms in total. The second kappa shape index (κ2) is 2.91. The number of aromatic amines is 1. The molecule has 0 radical (unpaired) electrons. The molecule has 0 amide bonds. The average molecular weight is 179 g/mol. The van der Waals surface area contributed by atoms with Gasteiger partial charge in [-0.05, 0) is 31.9 Å². The lowest BCUT2D eigenvalue weighted by atomic mass is 10.0. The van der Waals surface area contributed by atoms with Crippen LogP contribution in [0.15, 0.2) is 18.3 Å². The molecular weight excluding hydrogens is 166 g/mol. The highest BCUT2D eigenvalue weighted by molar-refractivity contribution is 5.86. The standard InChI is InChI=1S/C10H13NO2/c1-2-13-9(12)10(5-6-10)8-4-3-7-11-8/h3-4,7,11H,2,5-6H2,1H3. The Labute approximate surface area is 77.1 Å². The number of ether oxygens (including phenoxy) is 1. The molecule has 1 aromatic rings. The molecule has 2 rings (SSSR count). The summed E-state index contributed by atoms with van der Waals surface area (Å²) < 4.78 is 5.03. The Morgan fingerprint density at radius 3 is 2.92 bits per heavy atom. The molecule has 1 aliphatic carbocycles. The van der Waals surface area contributed by atoms with E-state index in [-0.39, 0.29) is 11.4 Å². The van der Waals surface area contributed by atoms with Gasteiger partial charge in [-0.2, -0.15) is 0 Å². The first kappa shape index (κ1) is 8.35. The number of aromatic nitrogens is 1. The third-order valence-electron chi connectivity index (χ3n) is 2.53. The Hall–Kier alpha value is -1.25. The highest BCUT2D eigenvalue weighted by Gasteiger charge is 2.53. The normalized spacial score (nSPS) is 18.2. The molecule has 13 heavy (non-hydrogen) atoms. The minimum Gasteiger partial charge on any atom is -0.465 e. The van der Waals surface area contributed by atoms with Gasteiger partial charge < -0.3 is 9.72 Å². The summed E-state index contributed by atoms with van der Waals surface area (Å²) in [6.07, 6.45) is 3.66. The van der Waals surface area contributed by atoms with Crippen molar-refractivity contribution in [2.45, 2.75) is 25.2 Å². The third kappa shape index (κ3) is 1.24. The molecule has 1 aromatic heterocycles. The molecule has 0 aromatic carbocycles. The lowest BCUT2D eigenvalue weighted by molar-refractivity contribution is -0.146. The van der Waals surface area contributed by atoms with E-state index in [9.17, 15) is 4.79 Å². The van der Waals surface area contributed by atoms with Crippen molar-refractivity contribution in [2.24, 2.45) is 0 Å². The molecule has 70 valence electrons. The molecule has 3 heteroatoms. The van der Waals surface area contributed by atoms with Crippen LogP contribution in [0.25, 0.3) is 0 Å². The van der Waals surface area contributed by atoms with Gasteiger partial charge >= 0.3 is 5.97 Å². The third-order valence-corrected chi connectivity index (χ3v) is 2.53. The maximum Gasteiger partial charge on any atom is 0.318 e. The van der Waals surface area contributed by atoms with Gasteiger partial charge in [0, 0.05) is 11.9 Å². The maximum atomic E-state index is 11.6. The fourth-order valence-corrected chi connectivity index (χ4v) is 1.61. The van der Waals surface area contributed by atoms with Gasteiger partial charge in [-0.1, -0.05) is 0 Å². The van der Waals surface area contributed by atoms with E-state index in [1.165, 1.54) is 0 Å². The number of hydrogen-bond donors (Lipinski definition) is 1. The van der Waals surface area contributed by atoms with Crippen molar-refractivity contribution in [3.63, 3.8) is 0 Å². The summed E-state index contributed by atoms with van der Waals surface area (Å²) in [4.78, 5) is 14.7. The van der Waals surface area contributed by atoms with Crippen LogP contribution in [0.1, 0.15) is 25.5 Å². The predicted octanol–water partition coefficient (Wildman–Crippen LogP) is 1.61. The predicted molar refractivity (Wildman–Crippen MR) is 48.3 cm³/mol. The van der Waals surface area contributed by atoms with Gasteiger partial charge in [0.05, 0.1) is 6.61 Å². The molecule has 1 saturated carbocycles. The van der Waals surface area contributed by atoms with Gasteiger partial charge in [0.25, 0.3) is 0 Å². The van der Waals surface area contributed by atoms with E-state index in [4.69, 9.17) is 4.74 Å². The van der Waals surface area contributed by atoms with Crippen molar-refractivity contribution in [3.8, 4) is 0 Å². The Kier molecular flexibility index (Phi) is 1.87. The van der Waals surface area contributed by atoms with Crippen LogP contribution in [-0.2, 0) is 14.9 Å². The molecule has 0 aliphatic heterocycles. The zero-order valence-corrected chi connectivity index (χ0v) is 7.67. The molecular formula is C10H13NO2. The molecule has 0 spiro atoms. The fraction of sp³-hybridized carbons (Fsp3) is 0.500. The number of esters is 1. The number of nitrogens with one attached hydrogen (secondary N) is 1. The molecule has 0 bridgehead atoms. The van der Waals surface area contributed by atoms with E-state index >= 15 is 0 Å². The van der Waals surface area contributed by atoms with Crippen LogP contribution in [0, 0.1) is 0 Å². The van der Waals surface area contributed by atoms with Gasteiger partial charge in [0.1, 0.15) is 5.41 Å². The largest absolute Gasteiger partial charge is 0.465 e. The Bertz CT molecular complexity index is 299. The van der Waals surface area contributed by atoms with Gasteiger partial charge in [-0.25, -0.2) is 0 Å². The summed E-state index contributed by atoms with van der Waals surface area (Å²) in [6, 6.07) is 3.86. The zero-order valence-electron chi connectivity index (χ0n) is 7.67. The van der Waals surface area contributed by atoms with E-state index in [2.05, 4.69) is 4.98 Å². The molecule has 1 heterocycles. The molecule has 1 fully saturated rings. The zero-order chi connectivity index (χ0) is 9.31. The van der Waals surface area contributed by atoms with Gasteiger partial charge in [-0.3, -0.25) is 4.79 Å². The topological polar surface area (TPSA) is 42.1 Å². The quantitative estimate of drug-likeness (QED) is 0.716. The summed E-state index contributed by atoms with van der Waals surface area (Å²) in [5.41, 5.74) is 0.658. The summed E-state index contributed by atoms with van der Waals surface area (Å²) in [5.74, 6) is -0.0857. The van der Waals surface area contributed by atoms with Crippen molar-refractivity contribution in [2.75, 3.05) is 6.61 Å². The Morgan fingerprint density at radius 1 is 1.69 bits per heavy atom. The summed E-state index contributed by atoms with van der Waals surface area (Å²) in [7, 11) is 0. The number of hydrogen-bond acceptors (Lipinski definition) is 2. The fourth-order valence-electron chi connectivity index (χ4n) is 1.61. The second-order valence-corrected chi connectivity index (χ2v) is 3.39. The van der Waals surface area contributed by atoms with Crippen LogP contribution < -0.4 is 0 Å². The van der Waals surface area contributed by atoms with Crippen LogP contribution in [0.4, 0.5) is 0 Å². The van der Waals surface area contributed by atoms with Crippen LogP contribution in [0.3, 0.4) is 0 Å². The van der Waals surface area contributed by atoms with Crippen molar-refractivity contribution < 1.29 is 9.53 Å². The summed E-state index contributed by atoms with van der Waals surface area (Å²) in [6.45, 7) is 2.30. The second-order valence-electron chi connectivity index (χ2n) is 3.39. The van der Waals surface area contributed by atoms with Gasteiger partial charge in [-0.15, -0.1) is 0 Å². The highest BCUT2D eigenvalue weighted by Crippen LogP contribution is 2.48. The Balaban J connectivity index is 2.17. The van der Waals surface area contributed by atoms with E-state index < -0.39 is 0 Å².